The van der Waals surface area contributed by atoms with Crippen molar-refractivity contribution in [2.24, 2.45) is 0 Å². The monoisotopic (exact) mass is 385 g/mol. The van der Waals surface area contributed by atoms with Crippen LogP contribution in [0.15, 0.2) is 35.7 Å². The molecule has 8 heteroatoms. The zero-order valence-electron chi connectivity index (χ0n) is 13.7. The molecule has 0 fully saturated rings. The van der Waals surface area contributed by atoms with Crippen LogP contribution < -0.4 is 0 Å². The molecule has 3 nitrogen and oxygen atoms in total. The van der Waals surface area contributed by atoms with Gasteiger partial charge in [0.2, 0.25) is 5.13 Å². The molecule has 0 spiro atoms. The highest BCUT2D eigenvalue weighted by Gasteiger charge is 2.38. The van der Waals surface area contributed by atoms with Gasteiger partial charge in [0.25, 0.3) is 0 Å². The van der Waals surface area contributed by atoms with E-state index in [2.05, 4.69) is 10.1 Å². The zero-order valence-corrected chi connectivity index (χ0v) is 15.3. The average molecular weight is 386 g/mol. The molecular formula is C17H15ClF3N3S. The molecule has 3 aromatic rings. The fourth-order valence-electron chi connectivity index (χ4n) is 2.21. The predicted octanol–water partition coefficient (Wildman–Crippen LogP) is 5.97. The van der Waals surface area contributed by atoms with Crippen molar-refractivity contribution in [2.75, 3.05) is 0 Å². The minimum Gasteiger partial charge on any atom is -0.218 e. The number of alkyl halides is 3. The van der Waals surface area contributed by atoms with Gasteiger partial charge in [-0.05, 0) is 18.2 Å². The minimum atomic E-state index is -4.51. The topological polar surface area (TPSA) is 30.7 Å². The molecule has 0 saturated heterocycles. The van der Waals surface area contributed by atoms with E-state index < -0.39 is 17.3 Å². The molecule has 0 saturated carbocycles. The van der Waals surface area contributed by atoms with Gasteiger partial charge in [-0.3, -0.25) is 0 Å². The lowest BCUT2D eigenvalue weighted by Crippen LogP contribution is -2.13. The highest BCUT2D eigenvalue weighted by molar-refractivity contribution is 7.12. The Bertz CT molecular complexity index is 889. The van der Waals surface area contributed by atoms with Crippen molar-refractivity contribution in [2.45, 2.75) is 32.4 Å². The second-order valence-corrected chi connectivity index (χ2v) is 7.87. The van der Waals surface area contributed by atoms with E-state index in [0.717, 1.165) is 27.6 Å². The van der Waals surface area contributed by atoms with Crippen LogP contribution in [0.3, 0.4) is 0 Å². The standard InChI is InChI=1S/C17H15ClF3N3S/c1-16(2,3)13-8-14(17(19,20)21)24(23-13)15-22-12(9-25-15)10-4-6-11(18)7-5-10/h4-9H,1-3H3. The van der Waals surface area contributed by atoms with Gasteiger partial charge in [-0.2, -0.15) is 18.3 Å². The summed E-state index contributed by atoms with van der Waals surface area (Å²) in [5.41, 5.74) is 0.403. The smallest absolute Gasteiger partial charge is 0.218 e. The lowest BCUT2D eigenvalue weighted by Gasteiger charge is -2.13. The second kappa shape index (κ2) is 6.14. The van der Waals surface area contributed by atoms with E-state index in [-0.39, 0.29) is 5.13 Å². The average Bonchev–Trinajstić information content (AvgIpc) is 3.13. The Balaban J connectivity index is 2.07. The van der Waals surface area contributed by atoms with Crippen LogP contribution in [0.5, 0.6) is 0 Å². The second-order valence-electron chi connectivity index (χ2n) is 6.60. The maximum Gasteiger partial charge on any atom is 0.433 e. The van der Waals surface area contributed by atoms with Crippen LogP contribution in [0.2, 0.25) is 5.02 Å². The summed E-state index contributed by atoms with van der Waals surface area (Å²) >= 11 is 6.97. The van der Waals surface area contributed by atoms with Crippen LogP contribution in [-0.4, -0.2) is 14.8 Å². The molecule has 3 rings (SSSR count). The third kappa shape index (κ3) is 3.72. The van der Waals surface area contributed by atoms with Crippen LogP contribution in [0.25, 0.3) is 16.4 Å². The Kier molecular flexibility index (Phi) is 4.41. The summed E-state index contributed by atoms with van der Waals surface area (Å²) in [6, 6.07) is 8.06. The number of thiazole rings is 1. The first-order valence-corrected chi connectivity index (χ1v) is 8.71. The SMILES string of the molecule is CC(C)(C)c1cc(C(F)(F)F)n(-c2nc(-c3ccc(Cl)cc3)cs2)n1. The van der Waals surface area contributed by atoms with Gasteiger partial charge in [-0.25, -0.2) is 9.67 Å². The van der Waals surface area contributed by atoms with E-state index in [1.807, 2.05) is 20.8 Å². The number of hydrogen-bond acceptors (Lipinski definition) is 3. The molecule has 0 aliphatic carbocycles. The van der Waals surface area contributed by atoms with Gasteiger partial charge in [0.15, 0.2) is 5.69 Å². The molecule has 0 aliphatic rings. The van der Waals surface area contributed by atoms with Crippen LogP contribution >= 0.6 is 22.9 Å². The van der Waals surface area contributed by atoms with Gasteiger partial charge in [-0.1, -0.05) is 44.5 Å². The van der Waals surface area contributed by atoms with Gasteiger partial charge in [0.1, 0.15) is 0 Å². The van der Waals surface area contributed by atoms with Crippen molar-refractivity contribution < 1.29 is 13.2 Å². The normalized spacial score (nSPS) is 12.6. The summed E-state index contributed by atoms with van der Waals surface area (Å²) in [4.78, 5) is 4.33. The predicted molar refractivity (Wildman–Crippen MR) is 93.4 cm³/mol. The molecule has 2 heterocycles. The molecule has 25 heavy (non-hydrogen) atoms. The quantitative estimate of drug-likeness (QED) is 0.544. The Morgan fingerprint density at radius 3 is 2.28 bits per heavy atom. The molecule has 0 radical (unpaired) electrons. The Hall–Kier alpha value is -1.86. The van der Waals surface area contributed by atoms with E-state index in [1.165, 1.54) is 0 Å². The minimum absolute atomic E-state index is 0.174. The molecule has 2 aromatic heterocycles. The number of halogens is 4. The Morgan fingerprint density at radius 2 is 1.72 bits per heavy atom. The number of nitrogens with zero attached hydrogens (tertiary/aromatic N) is 3. The molecule has 0 N–H and O–H groups in total. The molecule has 0 aliphatic heterocycles. The van der Waals surface area contributed by atoms with E-state index >= 15 is 0 Å². The fraction of sp³-hybridized carbons (Fsp3) is 0.294. The number of aromatic nitrogens is 3. The van der Waals surface area contributed by atoms with Gasteiger partial charge in [0, 0.05) is 21.4 Å². The Labute approximate surface area is 152 Å². The summed E-state index contributed by atoms with van der Waals surface area (Å²) in [7, 11) is 0. The molecule has 1 aromatic carbocycles. The molecule has 0 amide bonds. The van der Waals surface area contributed by atoms with Crippen molar-refractivity contribution in [1.29, 1.82) is 0 Å². The first-order chi connectivity index (χ1) is 11.6. The third-order valence-corrected chi connectivity index (χ3v) is 4.65. The summed E-state index contributed by atoms with van der Waals surface area (Å²) in [6.07, 6.45) is -4.51. The summed E-state index contributed by atoms with van der Waals surface area (Å²) < 4.78 is 41.1. The number of benzene rings is 1. The highest BCUT2D eigenvalue weighted by atomic mass is 35.5. The summed E-state index contributed by atoms with van der Waals surface area (Å²) in [5.74, 6) is 0. The van der Waals surface area contributed by atoms with Gasteiger partial charge < -0.3 is 0 Å². The van der Waals surface area contributed by atoms with Gasteiger partial charge >= 0.3 is 6.18 Å². The largest absolute Gasteiger partial charge is 0.433 e. The fourth-order valence-corrected chi connectivity index (χ4v) is 3.13. The number of rotatable bonds is 2. The van der Waals surface area contributed by atoms with E-state index in [4.69, 9.17) is 11.6 Å². The number of hydrogen-bond donors (Lipinski definition) is 0. The van der Waals surface area contributed by atoms with Crippen LogP contribution in [-0.2, 0) is 11.6 Å². The summed E-state index contributed by atoms with van der Waals surface area (Å²) in [5, 5.41) is 6.63. The summed E-state index contributed by atoms with van der Waals surface area (Å²) in [6.45, 7) is 5.46. The van der Waals surface area contributed by atoms with Gasteiger partial charge in [-0.15, -0.1) is 11.3 Å². The Morgan fingerprint density at radius 1 is 1.08 bits per heavy atom. The highest BCUT2D eigenvalue weighted by Crippen LogP contribution is 2.35. The molecule has 0 bridgehead atoms. The van der Waals surface area contributed by atoms with Crippen molar-refractivity contribution in [3.63, 3.8) is 0 Å². The molecular weight excluding hydrogens is 371 g/mol. The van der Waals surface area contributed by atoms with Crippen molar-refractivity contribution in [1.82, 2.24) is 14.8 Å². The third-order valence-electron chi connectivity index (χ3n) is 3.58. The maximum atomic E-state index is 13.4. The van der Waals surface area contributed by atoms with Crippen molar-refractivity contribution in [3.05, 3.63) is 52.1 Å². The van der Waals surface area contributed by atoms with E-state index in [0.29, 0.717) is 16.4 Å². The lowest BCUT2D eigenvalue weighted by molar-refractivity contribution is -0.142. The van der Waals surface area contributed by atoms with E-state index in [9.17, 15) is 13.2 Å². The van der Waals surface area contributed by atoms with Gasteiger partial charge in [0.05, 0.1) is 11.4 Å². The van der Waals surface area contributed by atoms with Crippen LogP contribution in [0, 0.1) is 0 Å². The maximum absolute atomic E-state index is 13.4. The molecule has 0 unspecified atom stereocenters. The van der Waals surface area contributed by atoms with E-state index in [1.54, 1.807) is 29.6 Å². The van der Waals surface area contributed by atoms with Crippen LogP contribution in [0.1, 0.15) is 32.2 Å². The molecule has 132 valence electrons. The zero-order chi connectivity index (χ0) is 18.4. The first kappa shape index (κ1) is 17.9. The molecule has 0 atom stereocenters. The van der Waals surface area contributed by atoms with Crippen LogP contribution in [0.4, 0.5) is 13.2 Å². The van der Waals surface area contributed by atoms with Crippen molar-refractivity contribution in [3.8, 4) is 16.4 Å². The van der Waals surface area contributed by atoms with Crippen molar-refractivity contribution >= 4 is 22.9 Å². The first-order valence-electron chi connectivity index (χ1n) is 7.45. The lowest BCUT2D eigenvalue weighted by atomic mass is 9.92.